The topological polar surface area (TPSA) is 59.3 Å². The van der Waals surface area contributed by atoms with E-state index < -0.39 is 5.97 Å². The molecule has 1 rings (SSSR count). The van der Waals surface area contributed by atoms with Crippen molar-refractivity contribution in [3.63, 3.8) is 0 Å². The second kappa shape index (κ2) is 7.58. The summed E-state index contributed by atoms with van der Waals surface area (Å²) in [5.74, 6) is -1.29. The molecule has 4 nitrogen and oxygen atoms in total. The predicted octanol–water partition coefficient (Wildman–Crippen LogP) is 1.63. The van der Waals surface area contributed by atoms with Crippen molar-refractivity contribution in [2.75, 3.05) is 5.88 Å². The molecule has 0 fully saturated rings. The van der Waals surface area contributed by atoms with E-state index >= 15 is 0 Å². The van der Waals surface area contributed by atoms with Gasteiger partial charge in [-0.05, 0) is 6.42 Å². The highest BCUT2D eigenvalue weighted by molar-refractivity contribution is 7.04. The lowest BCUT2D eigenvalue weighted by Gasteiger charge is -1.92. The van der Waals surface area contributed by atoms with Gasteiger partial charge in [0, 0.05) is 18.0 Å². The summed E-state index contributed by atoms with van der Waals surface area (Å²) >= 11 is 6.22. The number of nitrogens with zero attached hydrogens (tertiary/aromatic N) is 1. The molecule has 0 amide bonds. The number of halogens is 1. The molecule has 0 radical (unpaired) electrons. The molecule has 0 bridgehead atoms. The van der Waals surface area contributed by atoms with E-state index in [1.165, 1.54) is 11.5 Å². The molecule has 80 valence electrons. The van der Waals surface area contributed by atoms with E-state index in [4.69, 9.17) is 16.7 Å². The second-order valence-electron chi connectivity index (χ2n) is 2.38. The summed E-state index contributed by atoms with van der Waals surface area (Å²) in [5.41, 5.74) is 0.127. The number of rotatable bonds is 3. The quantitative estimate of drug-likeness (QED) is 0.813. The summed E-state index contributed by atoms with van der Waals surface area (Å²) in [4.78, 5) is 20.0. The van der Waals surface area contributed by atoms with Crippen molar-refractivity contribution >= 4 is 29.1 Å². The Morgan fingerprint density at radius 3 is 2.57 bits per heavy atom. The number of aliphatic carboxylic acids is 1. The van der Waals surface area contributed by atoms with E-state index in [1.54, 1.807) is 10.0 Å². The molecule has 0 aliphatic rings. The van der Waals surface area contributed by atoms with Crippen LogP contribution < -0.4 is 5.56 Å². The van der Waals surface area contributed by atoms with E-state index in [2.05, 4.69) is 6.92 Å². The van der Waals surface area contributed by atoms with E-state index in [0.29, 0.717) is 0 Å². The highest BCUT2D eigenvalue weighted by atomic mass is 35.5. The first-order chi connectivity index (χ1) is 6.61. The largest absolute Gasteiger partial charge is 0.480 e. The van der Waals surface area contributed by atoms with E-state index in [0.717, 1.165) is 13.0 Å². The Kier molecular flexibility index (Phi) is 7.14. The zero-order valence-electron chi connectivity index (χ0n) is 7.77. The normalized spacial score (nSPS) is 9.00. The van der Waals surface area contributed by atoms with Crippen LogP contribution in [0.25, 0.3) is 0 Å². The minimum atomic E-state index is -0.980. The van der Waals surface area contributed by atoms with E-state index in [1.807, 2.05) is 5.38 Å². The maximum Gasteiger partial charge on any atom is 0.318 e. The van der Waals surface area contributed by atoms with Crippen LogP contribution in [-0.4, -0.2) is 20.9 Å². The van der Waals surface area contributed by atoms with Crippen molar-refractivity contribution in [1.29, 1.82) is 0 Å². The Bertz CT molecular complexity index is 320. The summed E-state index contributed by atoms with van der Waals surface area (Å²) in [7, 11) is 0. The molecule has 1 N–H and O–H groups in total. The number of hydrogen-bond donors (Lipinski definition) is 1. The van der Waals surface area contributed by atoms with Gasteiger partial charge in [0.05, 0.1) is 0 Å². The van der Waals surface area contributed by atoms with Crippen molar-refractivity contribution < 1.29 is 9.90 Å². The van der Waals surface area contributed by atoms with Gasteiger partial charge in [0.15, 0.2) is 0 Å². The lowest BCUT2D eigenvalue weighted by atomic mass is 10.5. The highest BCUT2D eigenvalue weighted by Crippen LogP contribution is 1.93. The molecule has 1 heterocycles. The van der Waals surface area contributed by atoms with E-state index in [9.17, 15) is 9.59 Å². The number of carboxylic acids is 1. The average Bonchev–Trinajstić information content (AvgIpc) is 2.54. The number of carboxylic acid groups (broad SMARTS) is 1. The Morgan fingerprint density at radius 2 is 2.29 bits per heavy atom. The van der Waals surface area contributed by atoms with Gasteiger partial charge in [-0.3, -0.25) is 13.5 Å². The molecule has 1 aromatic rings. The molecule has 6 heteroatoms. The number of hydrogen-bond acceptors (Lipinski definition) is 3. The molecule has 14 heavy (non-hydrogen) atoms. The van der Waals surface area contributed by atoms with Crippen LogP contribution in [0.2, 0.25) is 0 Å². The molecule has 0 saturated heterocycles. The monoisotopic (exact) mass is 237 g/mol. The van der Waals surface area contributed by atoms with Crippen LogP contribution in [-0.2, 0) is 11.3 Å². The third kappa shape index (κ3) is 5.77. The predicted molar refractivity (Wildman–Crippen MR) is 57.2 cm³/mol. The first-order valence-corrected chi connectivity index (χ1v) is 5.41. The minimum Gasteiger partial charge on any atom is -0.480 e. The molecule has 0 unspecified atom stereocenters. The van der Waals surface area contributed by atoms with Gasteiger partial charge in [0.2, 0.25) is 0 Å². The third-order valence-electron chi connectivity index (χ3n) is 1.19. The van der Waals surface area contributed by atoms with E-state index in [-0.39, 0.29) is 11.4 Å². The molecular formula is C8H12ClNO3S. The smallest absolute Gasteiger partial charge is 0.318 e. The highest BCUT2D eigenvalue weighted by Gasteiger charge is 1.91. The summed E-state index contributed by atoms with van der Waals surface area (Å²) in [6.07, 6.45) is 1.03. The van der Waals surface area contributed by atoms with Crippen LogP contribution in [0.1, 0.15) is 13.3 Å². The number of aryl methyl sites for hydroxylation is 1. The number of aromatic nitrogens is 1. The van der Waals surface area contributed by atoms with Gasteiger partial charge in [-0.15, -0.1) is 11.6 Å². The number of carbonyl (C=O) groups is 1. The second-order valence-corrected chi connectivity index (χ2v) is 3.57. The molecule has 0 aliphatic heterocycles. The zero-order valence-corrected chi connectivity index (χ0v) is 9.35. The van der Waals surface area contributed by atoms with Gasteiger partial charge < -0.3 is 5.11 Å². The minimum absolute atomic E-state index is 0.127. The van der Waals surface area contributed by atoms with Gasteiger partial charge >= 0.3 is 5.97 Å². The first-order valence-electron chi connectivity index (χ1n) is 4.04. The maximum atomic E-state index is 10.8. The van der Waals surface area contributed by atoms with Gasteiger partial charge in [-0.25, -0.2) is 0 Å². The van der Waals surface area contributed by atoms with Crippen LogP contribution in [0.4, 0.5) is 0 Å². The molecule has 0 saturated carbocycles. The molecule has 0 atom stereocenters. The van der Waals surface area contributed by atoms with Gasteiger partial charge in [-0.1, -0.05) is 18.5 Å². The van der Waals surface area contributed by atoms with Crippen molar-refractivity contribution in [3.05, 3.63) is 21.8 Å². The fraction of sp³-hybridized carbons (Fsp3) is 0.500. The third-order valence-corrected chi connectivity index (χ3v) is 2.29. The van der Waals surface area contributed by atoms with Crippen LogP contribution in [0.5, 0.6) is 0 Å². The Labute approximate surface area is 90.9 Å². The molecular weight excluding hydrogens is 226 g/mol. The lowest BCUT2D eigenvalue weighted by molar-refractivity contribution is -0.134. The summed E-state index contributed by atoms with van der Waals surface area (Å²) in [6, 6.07) is 1.60. The SMILES string of the molecule is CCCn1sccc1=O.O=C(O)CCl. The lowest BCUT2D eigenvalue weighted by Crippen LogP contribution is -2.10. The molecule has 1 aromatic heterocycles. The van der Waals surface area contributed by atoms with Gasteiger partial charge in [0.1, 0.15) is 5.88 Å². The Balaban J connectivity index is 0.000000292. The summed E-state index contributed by atoms with van der Waals surface area (Å²) in [6.45, 7) is 2.92. The van der Waals surface area contributed by atoms with Crippen molar-refractivity contribution in [2.45, 2.75) is 19.9 Å². The van der Waals surface area contributed by atoms with Crippen molar-refractivity contribution in [2.24, 2.45) is 0 Å². The average molecular weight is 238 g/mol. The fourth-order valence-corrected chi connectivity index (χ4v) is 1.44. The van der Waals surface area contributed by atoms with Crippen molar-refractivity contribution in [3.8, 4) is 0 Å². The summed E-state index contributed by atoms with van der Waals surface area (Å²) in [5, 5.41) is 9.41. The van der Waals surface area contributed by atoms with Crippen LogP contribution in [0, 0.1) is 0 Å². The standard InChI is InChI=1S/C6H9NOS.C2H3ClO2/c1-2-4-7-6(8)3-5-9-7;3-1-2(4)5/h3,5H,2,4H2,1H3;1H2,(H,4,5). The number of alkyl halides is 1. The molecule has 0 spiro atoms. The Hall–Kier alpha value is -0.810. The molecule has 0 aromatic carbocycles. The van der Waals surface area contributed by atoms with Crippen molar-refractivity contribution in [1.82, 2.24) is 3.96 Å². The molecule has 0 aliphatic carbocycles. The van der Waals surface area contributed by atoms with Gasteiger partial charge in [0.25, 0.3) is 5.56 Å². The van der Waals surface area contributed by atoms with Crippen LogP contribution in [0.3, 0.4) is 0 Å². The van der Waals surface area contributed by atoms with Crippen LogP contribution in [0.15, 0.2) is 16.2 Å². The van der Waals surface area contributed by atoms with Crippen LogP contribution >= 0.6 is 23.1 Å². The first kappa shape index (κ1) is 13.2. The van der Waals surface area contributed by atoms with Gasteiger partial charge in [-0.2, -0.15) is 0 Å². The Morgan fingerprint density at radius 1 is 1.71 bits per heavy atom. The maximum absolute atomic E-state index is 10.8. The fourth-order valence-electron chi connectivity index (χ4n) is 0.663. The summed E-state index contributed by atoms with van der Waals surface area (Å²) < 4.78 is 1.75. The zero-order chi connectivity index (χ0) is 11.0.